The van der Waals surface area contributed by atoms with E-state index in [9.17, 15) is 18.0 Å². The Morgan fingerprint density at radius 3 is 2.41 bits per heavy atom. The summed E-state index contributed by atoms with van der Waals surface area (Å²) in [5, 5.41) is 5.48. The summed E-state index contributed by atoms with van der Waals surface area (Å²) in [5.41, 5.74) is 3.32. The minimum atomic E-state index is -3.56. The molecule has 0 fully saturated rings. The lowest BCUT2D eigenvalue weighted by atomic mass is 9.96. The van der Waals surface area contributed by atoms with Gasteiger partial charge in [-0.3, -0.25) is 14.3 Å². The summed E-state index contributed by atoms with van der Waals surface area (Å²) in [6, 6.07) is 10.8. The predicted octanol–water partition coefficient (Wildman–Crippen LogP) is 4.46. The highest BCUT2D eigenvalue weighted by Gasteiger charge is 2.40. The van der Waals surface area contributed by atoms with Gasteiger partial charge in [-0.15, -0.1) is 0 Å². The van der Waals surface area contributed by atoms with Crippen LogP contribution in [0.15, 0.2) is 47.4 Å². The Kier molecular flexibility index (Phi) is 7.26. The molecule has 2 aliphatic heterocycles. The molecule has 3 atom stereocenters. The fourth-order valence-corrected chi connectivity index (χ4v) is 6.34. The molecular weight excluding hydrogens is 561 g/mol. The first kappa shape index (κ1) is 27.6. The number of nitrogens with zero attached hydrogens (tertiary/aromatic N) is 4. The van der Waals surface area contributed by atoms with Gasteiger partial charge in [0.25, 0.3) is 11.8 Å². The molecule has 39 heavy (non-hydrogen) atoms. The highest BCUT2D eigenvalue weighted by Crippen LogP contribution is 2.35. The molecule has 206 valence electrons. The number of aromatic nitrogens is 2. The molecule has 9 nitrogen and oxygen atoms in total. The van der Waals surface area contributed by atoms with Crippen molar-refractivity contribution in [1.82, 2.24) is 24.3 Å². The first-order valence-electron chi connectivity index (χ1n) is 12.6. The van der Waals surface area contributed by atoms with E-state index in [4.69, 9.17) is 28.3 Å². The molecule has 1 N–H and O–H groups in total. The second-order valence-corrected chi connectivity index (χ2v) is 12.8. The highest BCUT2D eigenvalue weighted by molar-refractivity contribution is 7.89. The van der Waals surface area contributed by atoms with Crippen LogP contribution in [0.2, 0.25) is 10.0 Å². The molecule has 3 aromatic rings. The number of carbonyl (C=O) groups is 2. The Bertz CT molecular complexity index is 1570. The molecule has 2 amide bonds. The van der Waals surface area contributed by atoms with Gasteiger partial charge in [0.1, 0.15) is 5.69 Å². The quantitative estimate of drug-likeness (QED) is 0.473. The summed E-state index contributed by atoms with van der Waals surface area (Å²) in [4.78, 5) is 31.1. The van der Waals surface area contributed by atoms with Crippen LogP contribution in [0.5, 0.6) is 0 Å². The zero-order valence-electron chi connectivity index (χ0n) is 22.0. The monoisotopic (exact) mass is 589 g/mol. The standard InChI is InChI=1S/C27H29Cl2N5O4S/c1-15-11-24-21(14-32(15)26(35)19-7-10-22(28)23(29)12-19)25-27(36)33(13-16(2)34(25)31-24)17(3)18-5-8-20(9-6-18)39(37,38)30-4/h5-10,12,15-17,30H,11,13-14H2,1-4H3/t15-,16-,17+/m1/s1. The van der Waals surface area contributed by atoms with Crippen molar-refractivity contribution in [2.75, 3.05) is 13.6 Å². The zero-order valence-corrected chi connectivity index (χ0v) is 24.3. The van der Waals surface area contributed by atoms with Crippen LogP contribution in [0.3, 0.4) is 0 Å². The van der Waals surface area contributed by atoms with Crippen molar-refractivity contribution in [2.45, 2.75) is 56.8 Å². The number of rotatable bonds is 5. The van der Waals surface area contributed by atoms with Crippen LogP contribution in [0, 0.1) is 0 Å². The van der Waals surface area contributed by atoms with Gasteiger partial charge in [-0.2, -0.15) is 5.10 Å². The van der Waals surface area contributed by atoms with Crippen molar-refractivity contribution in [3.8, 4) is 0 Å². The van der Waals surface area contributed by atoms with Crippen LogP contribution in [-0.4, -0.2) is 59.4 Å². The maximum atomic E-state index is 13.9. The first-order chi connectivity index (χ1) is 18.4. The number of carbonyl (C=O) groups excluding carboxylic acids is 2. The summed E-state index contributed by atoms with van der Waals surface area (Å²) >= 11 is 12.2. The van der Waals surface area contributed by atoms with Crippen LogP contribution in [0.25, 0.3) is 0 Å². The molecule has 2 aliphatic rings. The molecule has 3 heterocycles. The molecule has 12 heteroatoms. The van der Waals surface area contributed by atoms with Crippen LogP contribution in [0.4, 0.5) is 0 Å². The second kappa shape index (κ2) is 10.2. The molecule has 0 saturated carbocycles. The molecule has 2 aromatic carbocycles. The normalized spacial score (nSPS) is 20.0. The first-order valence-corrected chi connectivity index (χ1v) is 14.9. The van der Waals surface area contributed by atoms with E-state index in [1.54, 1.807) is 44.8 Å². The SMILES string of the molecule is CNS(=O)(=O)c1ccc([C@H](C)N2C[C@@H](C)n3nc4c(c3C2=O)CN(C(=O)c2ccc(Cl)c(Cl)c2)[C@H](C)C4)cc1. The Balaban J connectivity index is 1.45. The van der Waals surface area contributed by atoms with Crippen LogP contribution < -0.4 is 4.72 Å². The van der Waals surface area contributed by atoms with Gasteiger partial charge < -0.3 is 9.80 Å². The number of fused-ring (bicyclic) bond motifs is 3. The number of hydrogen-bond donors (Lipinski definition) is 1. The summed E-state index contributed by atoms with van der Waals surface area (Å²) in [7, 11) is -2.19. The van der Waals surface area contributed by atoms with Crippen molar-refractivity contribution in [1.29, 1.82) is 0 Å². The van der Waals surface area contributed by atoms with E-state index in [0.717, 1.165) is 16.8 Å². The number of nitrogens with one attached hydrogen (secondary N) is 1. The summed E-state index contributed by atoms with van der Waals surface area (Å²) in [6.45, 7) is 6.60. The molecule has 0 saturated heterocycles. The number of halogens is 2. The maximum absolute atomic E-state index is 13.9. The average Bonchev–Trinajstić information content (AvgIpc) is 3.30. The van der Waals surface area contributed by atoms with Crippen molar-refractivity contribution in [3.05, 3.63) is 80.6 Å². The number of benzene rings is 2. The Hall–Kier alpha value is -2.92. The van der Waals surface area contributed by atoms with Crippen molar-refractivity contribution < 1.29 is 18.0 Å². The average molecular weight is 591 g/mol. The van der Waals surface area contributed by atoms with Gasteiger partial charge in [-0.25, -0.2) is 13.1 Å². The number of sulfonamides is 1. The zero-order chi connectivity index (χ0) is 28.2. The molecule has 0 unspecified atom stereocenters. The molecule has 0 bridgehead atoms. The third kappa shape index (κ3) is 4.84. The van der Waals surface area contributed by atoms with Gasteiger partial charge in [0.2, 0.25) is 10.0 Å². The van der Waals surface area contributed by atoms with E-state index in [1.165, 1.54) is 19.2 Å². The molecule has 1 aromatic heterocycles. The smallest absolute Gasteiger partial charge is 0.273 e. The minimum Gasteiger partial charge on any atom is -0.331 e. The van der Waals surface area contributed by atoms with Gasteiger partial charge in [0.15, 0.2) is 0 Å². The minimum absolute atomic E-state index is 0.0794. The molecule has 0 aliphatic carbocycles. The van der Waals surface area contributed by atoms with Gasteiger partial charge in [0, 0.05) is 30.1 Å². The van der Waals surface area contributed by atoms with Crippen molar-refractivity contribution in [2.24, 2.45) is 0 Å². The second-order valence-electron chi connectivity index (χ2n) is 10.1. The lowest BCUT2D eigenvalue weighted by molar-refractivity contribution is 0.0574. The van der Waals surface area contributed by atoms with E-state index in [2.05, 4.69) is 4.72 Å². The summed E-state index contributed by atoms with van der Waals surface area (Å²) in [5.74, 6) is -0.359. The van der Waals surface area contributed by atoms with Crippen LogP contribution in [0.1, 0.15) is 70.5 Å². The Morgan fingerprint density at radius 2 is 1.77 bits per heavy atom. The number of hydrogen-bond acceptors (Lipinski definition) is 5. The van der Waals surface area contributed by atoms with Crippen molar-refractivity contribution in [3.63, 3.8) is 0 Å². The third-order valence-corrected chi connectivity index (χ3v) is 9.79. The van der Waals surface area contributed by atoms with Gasteiger partial charge in [-0.05, 0) is 63.7 Å². The van der Waals surface area contributed by atoms with Gasteiger partial charge in [0.05, 0.1) is 39.3 Å². The summed E-state index contributed by atoms with van der Waals surface area (Å²) < 4.78 is 28.3. The van der Waals surface area contributed by atoms with Gasteiger partial charge >= 0.3 is 0 Å². The molecule has 5 rings (SSSR count). The number of amides is 2. The summed E-state index contributed by atoms with van der Waals surface area (Å²) in [6.07, 6.45) is 0.527. The van der Waals surface area contributed by atoms with E-state index < -0.39 is 10.0 Å². The van der Waals surface area contributed by atoms with E-state index in [1.807, 2.05) is 20.8 Å². The van der Waals surface area contributed by atoms with Crippen LogP contribution >= 0.6 is 23.2 Å². The molecule has 0 radical (unpaired) electrons. The van der Waals surface area contributed by atoms with E-state index in [0.29, 0.717) is 34.3 Å². The van der Waals surface area contributed by atoms with E-state index >= 15 is 0 Å². The molecular formula is C27H29Cl2N5O4S. The lowest BCUT2D eigenvalue weighted by Crippen LogP contribution is -2.45. The van der Waals surface area contributed by atoms with E-state index in [-0.39, 0.29) is 41.4 Å². The molecule has 0 spiro atoms. The Labute approximate surface area is 237 Å². The van der Waals surface area contributed by atoms with Crippen molar-refractivity contribution >= 4 is 45.0 Å². The maximum Gasteiger partial charge on any atom is 0.273 e. The third-order valence-electron chi connectivity index (χ3n) is 7.62. The van der Waals surface area contributed by atoms with Gasteiger partial charge in [-0.1, -0.05) is 35.3 Å². The van der Waals surface area contributed by atoms with Crippen LogP contribution in [-0.2, 0) is 23.0 Å². The fourth-order valence-electron chi connectivity index (χ4n) is 5.31. The lowest BCUT2D eigenvalue weighted by Gasteiger charge is -2.37. The largest absolute Gasteiger partial charge is 0.331 e. The topological polar surface area (TPSA) is 105 Å². The fraction of sp³-hybridized carbons (Fsp3) is 0.370. The predicted molar refractivity (Wildman–Crippen MR) is 149 cm³/mol. The highest BCUT2D eigenvalue weighted by atomic mass is 35.5. The Morgan fingerprint density at radius 1 is 1.08 bits per heavy atom.